The maximum Gasteiger partial charge on any atom is 0.0700 e. The van der Waals surface area contributed by atoms with E-state index in [9.17, 15) is 0 Å². The van der Waals surface area contributed by atoms with Crippen LogP contribution in [0.5, 0.6) is 0 Å². The molecule has 0 saturated carbocycles. The van der Waals surface area contributed by atoms with Crippen molar-refractivity contribution in [2.75, 3.05) is 13.2 Å². The number of rotatable bonds is 4. The van der Waals surface area contributed by atoms with Crippen molar-refractivity contribution in [2.45, 2.75) is 31.9 Å². The normalized spacial score (nSPS) is 25.7. The minimum absolute atomic E-state index is 0.355. The molecule has 1 aromatic heterocycles. The molecular weight excluding hydrogens is 188 g/mol. The average molecular weight is 206 g/mol. The van der Waals surface area contributed by atoms with Gasteiger partial charge in [0.1, 0.15) is 0 Å². The van der Waals surface area contributed by atoms with Gasteiger partial charge in [0.2, 0.25) is 0 Å². The summed E-state index contributed by atoms with van der Waals surface area (Å²) in [6.45, 7) is 4.00. The van der Waals surface area contributed by atoms with Gasteiger partial charge in [0.05, 0.1) is 6.10 Å². The molecule has 0 aliphatic carbocycles. The molecule has 0 unspecified atom stereocenters. The first-order valence-corrected chi connectivity index (χ1v) is 5.61. The Morgan fingerprint density at radius 1 is 1.53 bits per heavy atom. The van der Waals surface area contributed by atoms with E-state index >= 15 is 0 Å². The molecule has 2 heterocycles. The highest BCUT2D eigenvalue weighted by atomic mass is 16.5. The van der Waals surface area contributed by atoms with Crippen molar-refractivity contribution in [3.05, 3.63) is 30.1 Å². The van der Waals surface area contributed by atoms with Crippen molar-refractivity contribution in [2.24, 2.45) is 0 Å². The molecule has 3 heteroatoms. The topological polar surface area (TPSA) is 34.1 Å². The number of ether oxygens (including phenoxy) is 1. The Balaban J connectivity index is 1.71. The molecule has 1 aliphatic heterocycles. The van der Waals surface area contributed by atoms with Gasteiger partial charge in [-0.3, -0.25) is 4.98 Å². The van der Waals surface area contributed by atoms with Gasteiger partial charge in [0, 0.05) is 37.5 Å². The van der Waals surface area contributed by atoms with Crippen LogP contribution in [0.3, 0.4) is 0 Å². The summed E-state index contributed by atoms with van der Waals surface area (Å²) in [4.78, 5) is 4.29. The lowest BCUT2D eigenvalue weighted by Gasteiger charge is -2.15. The van der Waals surface area contributed by atoms with Crippen molar-refractivity contribution < 1.29 is 4.74 Å². The van der Waals surface area contributed by atoms with Crippen molar-refractivity contribution in [3.8, 4) is 0 Å². The molecule has 1 N–H and O–H groups in total. The number of nitrogens with zero attached hydrogens (tertiary/aromatic N) is 1. The third kappa shape index (κ3) is 3.01. The van der Waals surface area contributed by atoms with Crippen LogP contribution in [0.1, 0.15) is 19.0 Å². The van der Waals surface area contributed by atoms with Crippen LogP contribution in [0.2, 0.25) is 0 Å². The van der Waals surface area contributed by atoms with Crippen LogP contribution in [-0.2, 0) is 11.2 Å². The fourth-order valence-corrected chi connectivity index (χ4v) is 1.93. The monoisotopic (exact) mass is 206 g/mol. The second-order valence-electron chi connectivity index (χ2n) is 4.00. The zero-order chi connectivity index (χ0) is 10.5. The summed E-state index contributed by atoms with van der Waals surface area (Å²) in [7, 11) is 0. The highest BCUT2D eigenvalue weighted by Crippen LogP contribution is 2.12. The smallest absolute Gasteiger partial charge is 0.0700 e. The molecule has 3 nitrogen and oxygen atoms in total. The predicted octanol–water partition coefficient (Wildman–Crippen LogP) is 1.39. The molecule has 2 atom stereocenters. The quantitative estimate of drug-likeness (QED) is 0.808. The lowest BCUT2D eigenvalue weighted by atomic mass is 10.1. The van der Waals surface area contributed by atoms with E-state index in [0.717, 1.165) is 31.7 Å². The maximum absolute atomic E-state index is 5.49. The minimum Gasteiger partial charge on any atom is -0.377 e. The molecule has 82 valence electrons. The summed E-state index contributed by atoms with van der Waals surface area (Å²) in [5.74, 6) is 0. The van der Waals surface area contributed by atoms with Crippen LogP contribution in [0.4, 0.5) is 0 Å². The van der Waals surface area contributed by atoms with E-state index < -0.39 is 0 Å². The van der Waals surface area contributed by atoms with Crippen LogP contribution in [0.25, 0.3) is 0 Å². The van der Waals surface area contributed by atoms with Crippen LogP contribution in [-0.4, -0.2) is 30.3 Å². The van der Waals surface area contributed by atoms with E-state index in [2.05, 4.69) is 23.3 Å². The summed E-state index contributed by atoms with van der Waals surface area (Å²) < 4.78 is 5.49. The first-order chi connectivity index (χ1) is 7.36. The van der Waals surface area contributed by atoms with E-state index in [1.807, 2.05) is 18.3 Å². The number of pyridine rings is 1. The molecule has 1 fully saturated rings. The highest BCUT2D eigenvalue weighted by molar-refractivity contribution is 5.03. The summed E-state index contributed by atoms with van der Waals surface area (Å²) in [6, 6.07) is 6.57. The number of nitrogens with one attached hydrogen (secondary N) is 1. The van der Waals surface area contributed by atoms with Gasteiger partial charge < -0.3 is 10.1 Å². The largest absolute Gasteiger partial charge is 0.377 e. The van der Waals surface area contributed by atoms with Gasteiger partial charge in [-0.15, -0.1) is 0 Å². The van der Waals surface area contributed by atoms with E-state index in [0.29, 0.717) is 12.1 Å². The van der Waals surface area contributed by atoms with Crippen LogP contribution in [0.15, 0.2) is 24.4 Å². The second-order valence-corrected chi connectivity index (χ2v) is 4.00. The molecule has 2 rings (SSSR count). The Morgan fingerprint density at radius 2 is 2.47 bits per heavy atom. The SMILES string of the molecule is C[C@H]1OCC[C@@H]1NCCc1ccccn1. The van der Waals surface area contributed by atoms with E-state index in [4.69, 9.17) is 4.74 Å². The lowest BCUT2D eigenvalue weighted by molar-refractivity contribution is 0.113. The van der Waals surface area contributed by atoms with Gasteiger partial charge in [-0.2, -0.15) is 0 Å². The lowest BCUT2D eigenvalue weighted by Crippen LogP contribution is -2.36. The van der Waals surface area contributed by atoms with Gasteiger partial charge in [0.15, 0.2) is 0 Å². The zero-order valence-corrected chi connectivity index (χ0v) is 9.15. The molecule has 0 spiro atoms. The first-order valence-electron chi connectivity index (χ1n) is 5.61. The Bertz CT molecular complexity index is 289. The Morgan fingerprint density at radius 3 is 3.13 bits per heavy atom. The van der Waals surface area contributed by atoms with Crippen molar-refractivity contribution in [1.82, 2.24) is 10.3 Å². The van der Waals surface area contributed by atoms with Gasteiger partial charge in [-0.1, -0.05) is 6.07 Å². The number of aromatic nitrogens is 1. The Hall–Kier alpha value is -0.930. The van der Waals surface area contributed by atoms with E-state index in [1.165, 1.54) is 0 Å². The Labute approximate surface area is 90.9 Å². The third-order valence-electron chi connectivity index (χ3n) is 2.89. The first kappa shape index (κ1) is 10.6. The van der Waals surface area contributed by atoms with Gasteiger partial charge in [-0.05, 0) is 25.5 Å². The van der Waals surface area contributed by atoms with Crippen molar-refractivity contribution >= 4 is 0 Å². The van der Waals surface area contributed by atoms with Crippen molar-refractivity contribution in [3.63, 3.8) is 0 Å². The summed E-state index contributed by atoms with van der Waals surface area (Å²) in [5.41, 5.74) is 1.15. The standard InChI is InChI=1S/C12H18N2O/c1-10-12(6-9-15-10)14-8-5-11-4-2-3-7-13-11/h2-4,7,10,12,14H,5-6,8-9H2,1H3/t10-,12+/m1/s1. The molecule has 0 bridgehead atoms. The fourth-order valence-electron chi connectivity index (χ4n) is 1.93. The van der Waals surface area contributed by atoms with Gasteiger partial charge >= 0.3 is 0 Å². The van der Waals surface area contributed by atoms with Crippen molar-refractivity contribution in [1.29, 1.82) is 0 Å². The van der Waals surface area contributed by atoms with Crippen LogP contribution >= 0.6 is 0 Å². The molecule has 0 aromatic carbocycles. The van der Waals surface area contributed by atoms with E-state index in [-0.39, 0.29) is 0 Å². The molecule has 0 amide bonds. The summed E-state index contributed by atoms with van der Waals surface area (Å²) in [5, 5.41) is 3.51. The second kappa shape index (κ2) is 5.24. The van der Waals surface area contributed by atoms with Gasteiger partial charge in [0.25, 0.3) is 0 Å². The molecule has 1 saturated heterocycles. The highest BCUT2D eigenvalue weighted by Gasteiger charge is 2.22. The molecule has 1 aromatic rings. The van der Waals surface area contributed by atoms with Crippen LogP contribution in [0, 0.1) is 0 Å². The molecule has 15 heavy (non-hydrogen) atoms. The summed E-state index contributed by atoms with van der Waals surface area (Å²) >= 11 is 0. The van der Waals surface area contributed by atoms with Gasteiger partial charge in [-0.25, -0.2) is 0 Å². The minimum atomic E-state index is 0.355. The third-order valence-corrected chi connectivity index (χ3v) is 2.89. The Kier molecular flexibility index (Phi) is 3.69. The van der Waals surface area contributed by atoms with E-state index in [1.54, 1.807) is 0 Å². The number of hydrogen-bond donors (Lipinski definition) is 1. The zero-order valence-electron chi connectivity index (χ0n) is 9.15. The average Bonchev–Trinajstić information content (AvgIpc) is 2.66. The molecule has 0 radical (unpaired) electrons. The number of hydrogen-bond acceptors (Lipinski definition) is 3. The van der Waals surface area contributed by atoms with Crippen LogP contribution < -0.4 is 5.32 Å². The predicted molar refractivity (Wildman–Crippen MR) is 59.8 cm³/mol. The summed E-state index contributed by atoms with van der Waals surface area (Å²) in [6.07, 6.45) is 4.32. The molecule has 1 aliphatic rings. The maximum atomic E-state index is 5.49. The molecular formula is C12H18N2O. The fraction of sp³-hybridized carbons (Fsp3) is 0.583.